The van der Waals surface area contributed by atoms with Gasteiger partial charge in [0.1, 0.15) is 23.9 Å². The molecule has 0 amide bonds. The fourth-order valence-corrected chi connectivity index (χ4v) is 4.63. The van der Waals surface area contributed by atoms with Crippen LogP contribution in [0.2, 0.25) is 0 Å². The summed E-state index contributed by atoms with van der Waals surface area (Å²) in [6.45, 7) is 2.56. The standard InChI is InChI=1S/C31H26N2O7/c1-2-13-39-31(38)18-5-3-16(4-6-18)15-40-19-9-7-17(8-10-19)20-14-23(35)26-27(28(20)33)30(37)25-22(34)12-11-21(32)24(25)29(26)36/h3-12,14,34-35H,2,13,15,32-33H2,1H3. The van der Waals surface area contributed by atoms with Crippen molar-refractivity contribution in [2.24, 2.45) is 0 Å². The monoisotopic (exact) mass is 538 g/mol. The second kappa shape index (κ2) is 10.5. The number of carbonyl (C=O) groups is 3. The van der Waals surface area contributed by atoms with Crippen molar-refractivity contribution in [1.82, 2.24) is 0 Å². The molecule has 5 rings (SSSR count). The van der Waals surface area contributed by atoms with Crippen LogP contribution in [0.1, 0.15) is 61.1 Å². The van der Waals surface area contributed by atoms with Crippen LogP contribution in [0.25, 0.3) is 11.1 Å². The second-order valence-corrected chi connectivity index (χ2v) is 9.33. The second-order valence-electron chi connectivity index (χ2n) is 9.33. The molecule has 0 aromatic heterocycles. The van der Waals surface area contributed by atoms with Crippen molar-refractivity contribution in [2.45, 2.75) is 20.0 Å². The van der Waals surface area contributed by atoms with E-state index in [0.29, 0.717) is 29.0 Å². The van der Waals surface area contributed by atoms with E-state index < -0.39 is 23.1 Å². The minimum atomic E-state index is -0.700. The minimum absolute atomic E-state index is 0.00940. The summed E-state index contributed by atoms with van der Waals surface area (Å²) in [5.41, 5.74) is 13.7. The van der Waals surface area contributed by atoms with Gasteiger partial charge in [-0.3, -0.25) is 9.59 Å². The van der Waals surface area contributed by atoms with Gasteiger partial charge in [-0.25, -0.2) is 4.79 Å². The summed E-state index contributed by atoms with van der Waals surface area (Å²) < 4.78 is 11.0. The van der Waals surface area contributed by atoms with Gasteiger partial charge in [-0.2, -0.15) is 0 Å². The molecule has 0 saturated carbocycles. The maximum Gasteiger partial charge on any atom is 0.338 e. The molecule has 0 spiro atoms. The number of phenolic OH excluding ortho intramolecular Hbond substituents is 2. The van der Waals surface area contributed by atoms with E-state index in [0.717, 1.165) is 12.0 Å². The van der Waals surface area contributed by atoms with Crippen molar-refractivity contribution in [2.75, 3.05) is 18.1 Å². The van der Waals surface area contributed by atoms with Gasteiger partial charge in [0.2, 0.25) is 11.6 Å². The number of benzene rings is 4. The van der Waals surface area contributed by atoms with E-state index in [1.807, 2.05) is 6.92 Å². The topological polar surface area (TPSA) is 162 Å². The average molecular weight is 539 g/mol. The van der Waals surface area contributed by atoms with Crippen LogP contribution in [0.15, 0.2) is 66.7 Å². The van der Waals surface area contributed by atoms with Crippen molar-refractivity contribution < 1.29 is 34.1 Å². The number of hydrogen-bond acceptors (Lipinski definition) is 9. The van der Waals surface area contributed by atoms with Crippen LogP contribution in [0.4, 0.5) is 11.4 Å². The Morgan fingerprint density at radius 2 is 1.45 bits per heavy atom. The summed E-state index contributed by atoms with van der Waals surface area (Å²) in [6.07, 6.45) is 0.753. The number of esters is 1. The normalized spacial score (nSPS) is 12.0. The predicted octanol–water partition coefficient (Wildman–Crippen LogP) is 4.85. The van der Waals surface area contributed by atoms with Gasteiger partial charge < -0.3 is 31.2 Å². The lowest BCUT2D eigenvalue weighted by molar-refractivity contribution is 0.0505. The number of ether oxygens (including phenoxy) is 2. The fraction of sp³-hybridized carbons (Fsp3) is 0.129. The maximum absolute atomic E-state index is 13.4. The van der Waals surface area contributed by atoms with Gasteiger partial charge in [0, 0.05) is 11.3 Å². The molecule has 4 aromatic carbocycles. The highest BCUT2D eigenvalue weighted by molar-refractivity contribution is 6.34. The van der Waals surface area contributed by atoms with E-state index in [9.17, 15) is 24.6 Å². The summed E-state index contributed by atoms with van der Waals surface area (Å²) in [5.74, 6) is -2.03. The molecule has 40 heavy (non-hydrogen) atoms. The first-order valence-corrected chi connectivity index (χ1v) is 12.6. The average Bonchev–Trinajstić information content (AvgIpc) is 2.96. The highest BCUT2D eigenvalue weighted by Crippen LogP contribution is 2.44. The molecule has 202 valence electrons. The van der Waals surface area contributed by atoms with E-state index in [1.165, 1.54) is 18.2 Å². The first kappa shape index (κ1) is 26.3. The Morgan fingerprint density at radius 1 is 0.800 bits per heavy atom. The molecule has 0 saturated heterocycles. The largest absolute Gasteiger partial charge is 0.507 e. The Morgan fingerprint density at radius 3 is 2.12 bits per heavy atom. The lowest BCUT2D eigenvalue weighted by Crippen LogP contribution is -2.24. The van der Waals surface area contributed by atoms with Crippen molar-refractivity contribution in [3.63, 3.8) is 0 Å². The van der Waals surface area contributed by atoms with Gasteiger partial charge in [0.15, 0.2) is 0 Å². The third kappa shape index (κ3) is 4.58. The highest BCUT2D eigenvalue weighted by Gasteiger charge is 2.38. The Kier molecular flexibility index (Phi) is 6.87. The predicted molar refractivity (Wildman–Crippen MR) is 149 cm³/mol. The van der Waals surface area contributed by atoms with Crippen LogP contribution < -0.4 is 16.2 Å². The van der Waals surface area contributed by atoms with Crippen LogP contribution >= 0.6 is 0 Å². The Labute approximate surface area is 229 Å². The molecule has 0 unspecified atom stereocenters. The van der Waals surface area contributed by atoms with Crippen LogP contribution in [0.3, 0.4) is 0 Å². The number of aromatic hydroxyl groups is 2. The van der Waals surface area contributed by atoms with Gasteiger partial charge in [-0.05, 0) is 60.0 Å². The van der Waals surface area contributed by atoms with E-state index in [2.05, 4.69) is 0 Å². The fourth-order valence-electron chi connectivity index (χ4n) is 4.63. The zero-order chi connectivity index (χ0) is 28.6. The summed E-state index contributed by atoms with van der Waals surface area (Å²) in [6, 6.07) is 17.6. The molecule has 1 aliphatic rings. The Balaban J connectivity index is 1.37. The van der Waals surface area contributed by atoms with E-state index >= 15 is 0 Å². The minimum Gasteiger partial charge on any atom is -0.507 e. The molecule has 0 aliphatic heterocycles. The zero-order valence-electron chi connectivity index (χ0n) is 21.6. The molecular formula is C31H26N2O7. The number of nitrogens with two attached hydrogens (primary N) is 2. The lowest BCUT2D eigenvalue weighted by atomic mass is 9.80. The molecule has 1 aliphatic carbocycles. The van der Waals surface area contributed by atoms with Gasteiger partial charge in [0.25, 0.3) is 0 Å². The number of carbonyl (C=O) groups excluding carboxylic acids is 3. The van der Waals surface area contributed by atoms with Gasteiger partial charge in [-0.15, -0.1) is 0 Å². The molecule has 0 atom stereocenters. The molecule has 0 fully saturated rings. The van der Waals surface area contributed by atoms with Gasteiger partial charge in [-0.1, -0.05) is 31.2 Å². The zero-order valence-corrected chi connectivity index (χ0v) is 21.6. The number of phenols is 2. The molecular weight excluding hydrogens is 512 g/mol. The van der Waals surface area contributed by atoms with Gasteiger partial charge >= 0.3 is 5.97 Å². The SMILES string of the molecule is CCCOC(=O)c1ccc(COc2ccc(-c3cc(O)c4c(c3N)C(=O)c3c(O)ccc(N)c3C4=O)cc2)cc1. The summed E-state index contributed by atoms with van der Waals surface area (Å²) in [5, 5.41) is 21.1. The Bertz CT molecular complexity index is 1660. The van der Waals surface area contributed by atoms with Crippen LogP contribution in [-0.2, 0) is 11.3 Å². The van der Waals surface area contributed by atoms with E-state index in [4.69, 9.17) is 20.9 Å². The van der Waals surface area contributed by atoms with Crippen molar-refractivity contribution >= 4 is 28.9 Å². The van der Waals surface area contributed by atoms with Crippen molar-refractivity contribution in [3.8, 4) is 28.4 Å². The number of ketones is 2. The molecule has 0 radical (unpaired) electrons. The first-order chi connectivity index (χ1) is 19.2. The van der Waals surface area contributed by atoms with Crippen molar-refractivity contribution in [1.29, 1.82) is 0 Å². The highest BCUT2D eigenvalue weighted by atomic mass is 16.5. The smallest absolute Gasteiger partial charge is 0.338 e. The van der Waals surface area contributed by atoms with Crippen LogP contribution in [0.5, 0.6) is 17.2 Å². The third-order valence-electron chi connectivity index (χ3n) is 6.67. The number of hydrogen-bond donors (Lipinski definition) is 4. The van der Waals surface area contributed by atoms with Crippen LogP contribution in [0, 0.1) is 0 Å². The number of fused-ring (bicyclic) bond motifs is 2. The van der Waals surface area contributed by atoms with Crippen molar-refractivity contribution in [3.05, 3.63) is 100 Å². The molecule has 9 heteroatoms. The molecule has 0 heterocycles. The molecule has 0 bridgehead atoms. The third-order valence-corrected chi connectivity index (χ3v) is 6.67. The summed E-state index contributed by atoms with van der Waals surface area (Å²) >= 11 is 0. The quantitative estimate of drug-likeness (QED) is 0.129. The molecule has 6 N–H and O–H groups in total. The number of rotatable bonds is 7. The Hall–Kier alpha value is -5.31. The summed E-state index contributed by atoms with van der Waals surface area (Å²) in [4.78, 5) is 38.5. The number of anilines is 2. The summed E-state index contributed by atoms with van der Waals surface area (Å²) in [7, 11) is 0. The van der Waals surface area contributed by atoms with E-state index in [-0.39, 0.29) is 46.2 Å². The van der Waals surface area contributed by atoms with Crippen LogP contribution in [-0.4, -0.2) is 34.4 Å². The molecule has 4 aromatic rings. The lowest BCUT2D eigenvalue weighted by Gasteiger charge is -2.23. The first-order valence-electron chi connectivity index (χ1n) is 12.6. The van der Waals surface area contributed by atoms with E-state index in [1.54, 1.807) is 48.5 Å². The maximum atomic E-state index is 13.4. The van der Waals surface area contributed by atoms with Gasteiger partial charge in [0.05, 0.1) is 40.1 Å². The number of nitrogen functional groups attached to an aromatic ring is 2. The molecule has 9 nitrogen and oxygen atoms in total.